The Kier molecular flexibility index (Phi) is 6.04. The van der Waals surface area contributed by atoms with Crippen LogP contribution in [0.2, 0.25) is 0 Å². The highest BCUT2D eigenvalue weighted by Crippen LogP contribution is 2.36. The predicted octanol–water partition coefficient (Wildman–Crippen LogP) is 4.54. The van der Waals surface area contributed by atoms with E-state index in [1.165, 1.54) is 16.9 Å². The number of ether oxygens (including phenoxy) is 2. The van der Waals surface area contributed by atoms with Gasteiger partial charge in [-0.3, -0.25) is 4.79 Å². The lowest BCUT2D eigenvalue weighted by molar-refractivity contribution is 0.0959. The van der Waals surface area contributed by atoms with E-state index in [4.69, 9.17) is 20.2 Å². The second-order valence-corrected chi connectivity index (χ2v) is 7.95. The molecule has 2 heterocycles. The molecule has 0 radical (unpaired) electrons. The number of nitrogens with zero attached hydrogens (tertiary/aromatic N) is 1. The summed E-state index contributed by atoms with van der Waals surface area (Å²) in [5.74, 6) is 1.11. The maximum absolute atomic E-state index is 12.7. The first-order valence-electron chi connectivity index (χ1n) is 9.84. The van der Waals surface area contributed by atoms with E-state index >= 15 is 0 Å². The Balaban J connectivity index is 1.55. The van der Waals surface area contributed by atoms with Crippen LogP contribution in [0.5, 0.6) is 11.5 Å². The first-order valence-corrected chi connectivity index (χ1v) is 10.7. The van der Waals surface area contributed by atoms with Crippen molar-refractivity contribution in [2.75, 3.05) is 26.5 Å². The Hall–Kier alpha value is -3.58. The number of nitrogen functional groups attached to an aromatic ring is 1. The van der Waals surface area contributed by atoms with Gasteiger partial charge >= 0.3 is 0 Å². The summed E-state index contributed by atoms with van der Waals surface area (Å²) < 4.78 is 10.7. The minimum atomic E-state index is -0.177. The number of thiophene rings is 1. The molecular formula is C24H23N3O3S. The van der Waals surface area contributed by atoms with Crippen molar-refractivity contribution < 1.29 is 14.3 Å². The first-order chi connectivity index (χ1) is 15.1. The molecule has 0 fully saturated rings. The number of methoxy groups -OCH3 is 2. The molecule has 1 amide bonds. The number of amides is 1. The molecule has 0 aliphatic carbocycles. The van der Waals surface area contributed by atoms with Gasteiger partial charge in [-0.2, -0.15) is 0 Å². The van der Waals surface area contributed by atoms with Gasteiger partial charge in [-0.05, 0) is 42.3 Å². The molecule has 6 nitrogen and oxygen atoms in total. The number of nitrogens with one attached hydrogen (secondary N) is 1. The van der Waals surface area contributed by atoms with Crippen molar-refractivity contribution in [2.45, 2.75) is 6.42 Å². The molecular weight excluding hydrogens is 410 g/mol. The van der Waals surface area contributed by atoms with E-state index in [-0.39, 0.29) is 5.91 Å². The molecule has 0 aliphatic heterocycles. The van der Waals surface area contributed by atoms with Crippen LogP contribution < -0.4 is 20.5 Å². The van der Waals surface area contributed by atoms with Crippen LogP contribution in [0.1, 0.15) is 15.2 Å². The van der Waals surface area contributed by atoms with E-state index in [9.17, 15) is 4.79 Å². The Morgan fingerprint density at radius 1 is 1.03 bits per heavy atom. The number of rotatable bonds is 7. The molecule has 2 aromatic carbocycles. The fraction of sp³-hybridized carbons (Fsp3) is 0.167. The van der Waals surface area contributed by atoms with Crippen LogP contribution in [0, 0.1) is 0 Å². The number of nitrogens with two attached hydrogens (primary N) is 1. The summed E-state index contributed by atoms with van der Waals surface area (Å²) in [4.78, 5) is 18.6. The maximum Gasteiger partial charge on any atom is 0.263 e. The largest absolute Gasteiger partial charge is 0.493 e. The second-order valence-electron chi connectivity index (χ2n) is 6.96. The first kappa shape index (κ1) is 20.7. The van der Waals surface area contributed by atoms with Crippen LogP contribution in [0.25, 0.3) is 21.5 Å². The van der Waals surface area contributed by atoms with Gasteiger partial charge in [0.25, 0.3) is 5.91 Å². The summed E-state index contributed by atoms with van der Waals surface area (Å²) >= 11 is 1.30. The van der Waals surface area contributed by atoms with E-state index in [0.717, 1.165) is 27.9 Å². The molecule has 0 aliphatic rings. The fourth-order valence-electron chi connectivity index (χ4n) is 3.37. The lowest BCUT2D eigenvalue weighted by Crippen LogP contribution is -2.25. The number of benzene rings is 2. The van der Waals surface area contributed by atoms with Crippen molar-refractivity contribution in [1.82, 2.24) is 10.3 Å². The number of aromatic nitrogens is 1. The SMILES string of the molecule is COc1ccc(-c2ccc3c(N)c(C(=O)NCCc4ccccc4)sc3n2)cc1OC. The van der Waals surface area contributed by atoms with E-state index < -0.39 is 0 Å². The Labute approximate surface area is 184 Å². The Morgan fingerprint density at radius 2 is 1.81 bits per heavy atom. The summed E-state index contributed by atoms with van der Waals surface area (Å²) in [6.07, 6.45) is 0.763. The van der Waals surface area contributed by atoms with E-state index in [1.807, 2.05) is 60.7 Å². The van der Waals surface area contributed by atoms with Gasteiger partial charge in [0.1, 0.15) is 9.71 Å². The summed E-state index contributed by atoms with van der Waals surface area (Å²) in [5.41, 5.74) is 9.56. The van der Waals surface area contributed by atoms with Crippen LogP contribution in [0.15, 0.2) is 60.7 Å². The van der Waals surface area contributed by atoms with Crippen LogP contribution in [-0.2, 0) is 6.42 Å². The van der Waals surface area contributed by atoms with Gasteiger partial charge in [0.15, 0.2) is 11.5 Å². The molecule has 0 atom stereocenters. The lowest BCUT2D eigenvalue weighted by Gasteiger charge is -2.09. The summed E-state index contributed by atoms with van der Waals surface area (Å²) in [5, 5.41) is 3.74. The Morgan fingerprint density at radius 3 is 2.55 bits per heavy atom. The number of carbonyl (C=O) groups is 1. The predicted molar refractivity (Wildman–Crippen MR) is 125 cm³/mol. The van der Waals surface area contributed by atoms with Gasteiger partial charge in [0, 0.05) is 17.5 Å². The molecule has 3 N–H and O–H groups in total. The van der Waals surface area contributed by atoms with Gasteiger partial charge in [-0.1, -0.05) is 30.3 Å². The zero-order valence-electron chi connectivity index (χ0n) is 17.3. The van der Waals surface area contributed by atoms with Gasteiger partial charge in [0.2, 0.25) is 0 Å². The highest BCUT2D eigenvalue weighted by Gasteiger charge is 2.18. The molecule has 4 rings (SSSR count). The summed E-state index contributed by atoms with van der Waals surface area (Å²) in [6, 6.07) is 19.5. The van der Waals surface area contributed by atoms with Crippen molar-refractivity contribution in [1.29, 1.82) is 0 Å². The third kappa shape index (κ3) is 4.32. The van der Waals surface area contributed by atoms with E-state index in [0.29, 0.717) is 28.6 Å². The molecule has 0 saturated carbocycles. The van der Waals surface area contributed by atoms with E-state index in [1.54, 1.807) is 14.2 Å². The molecule has 0 spiro atoms. The molecule has 4 aromatic rings. The zero-order chi connectivity index (χ0) is 21.8. The number of hydrogen-bond donors (Lipinski definition) is 2. The van der Waals surface area contributed by atoms with Gasteiger partial charge in [-0.25, -0.2) is 4.98 Å². The molecule has 2 aromatic heterocycles. The number of carbonyl (C=O) groups excluding carboxylic acids is 1. The molecule has 0 bridgehead atoms. The number of pyridine rings is 1. The standard InChI is InChI=1S/C24H23N3O3S/c1-29-19-11-8-16(14-20(19)30-2)18-10-9-17-21(25)22(31-24(17)27-18)23(28)26-13-12-15-6-4-3-5-7-15/h3-11,14H,12-13,25H2,1-2H3,(H,26,28). The average Bonchev–Trinajstić information content (AvgIpc) is 3.15. The van der Waals surface area contributed by atoms with Crippen molar-refractivity contribution in [3.8, 4) is 22.8 Å². The molecule has 31 heavy (non-hydrogen) atoms. The van der Waals surface area contributed by atoms with Gasteiger partial charge < -0.3 is 20.5 Å². The third-order valence-corrected chi connectivity index (χ3v) is 6.14. The monoisotopic (exact) mass is 433 g/mol. The average molecular weight is 434 g/mol. The smallest absolute Gasteiger partial charge is 0.263 e. The minimum absolute atomic E-state index is 0.177. The van der Waals surface area contributed by atoms with Crippen molar-refractivity contribution >= 4 is 33.1 Å². The lowest BCUT2D eigenvalue weighted by atomic mass is 10.1. The third-order valence-electron chi connectivity index (χ3n) is 5.02. The van der Waals surface area contributed by atoms with Gasteiger partial charge in [-0.15, -0.1) is 11.3 Å². The summed E-state index contributed by atoms with van der Waals surface area (Å²) in [7, 11) is 3.20. The molecule has 0 unspecified atom stereocenters. The second kappa shape index (κ2) is 9.06. The maximum atomic E-state index is 12.7. The highest BCUT2D eigenvalue weighted by atomic mass is 32.1. The van der Waals surface area contributed by atoms with Crippen molar-refractivity contribution in [2.24, 2.45) is 0 Å². The molecule has 158 valence electrons. The van der Waals surface area contributed by atoms with Crippen LogP contribution in [0.4, 0.5) is 5.69 Å². The quantitative estimate of drug-likeness (QED) is 0.447. The normalized spacial score (nSPS) is 10.8. The van der Waals surface area contributed by atoms with Crippen LogP contribution in [-0.4, -0.2) is 31.7 Å². The number of anilines is 1. The number of fused-ring (bicyclic) bond motifs is 1. The summed E-state index contributed by atoms with van der Waals surface area (Å²) in [6.45, 7) is 0.543. The fourth-order valence-corrected chi connectivity index (χ4v) is 4.38. The topological polar surface area (TPSA) is 86.5 Å². The van der Waals surface area contributed by atoms with Crippen molar-refractivity contribution in [3.05, 3.63) is 71.1 Å². The molecule has 0 saturated heterocycles. The highest BCUT2D eigenvalue weighted by molar-refractivity contribution is 7.21. The van der Waals surface area contributed by atoms with Crippen molar-refractivity contribution in [3.63, 3.8) is 0 Å². The van der Waals surface area contributed by atoms with Crippen LogP contribution >= 0.6 is 11.3 Å². The van der Waals surface area contributed by atoms with E-state index in [2.05, 4.69) is 5.32 Å². The molecule has 7 heteroatoms. The Bertz CT molecular complexity index is 1220. The minimum Gasteiger partial charge on any atom is -0.493 e. The van der Waals surface area contributed by atoms with Gasteiger partial charge in [0.05, 0.1) is 25.6 Å². The zero-order valence-corrected chi connectivity index (χ0v) is 18.2. The number of hydrogen-bond acceptors (Lipinski definition) is 6. The van der Waals surface area contributed by atoms with Crippen LogP contribution in [0.3, 0.4) is 0 Å².